The van der Waals surface area contributed by atoms with Gasteiger partial charge in [-0.05, 0) is 99.5 Å². The van der Waals surface area contributed by atoms with E-state index < -0.39 is 152 Å². The van der Waals surface area contributed by atoms with Crippen LogP contribution in [0.25, 0.3) is 0 Å². The zero-order valence-corrected chi connectivity index (χ0v) is 62.5. The van der Waals surface area contributed by atoms with Crippen LogP contribution in [-0.2, 0) is 124 Å². The van der Waals surface area contributed by atoms with Crippen molar-refractivity contribution in [2.45, 2.75) is 174 Å². The zero-order valence-electron chi connectivity index (χ0n) is 62.5. The normalized spacial score (nSPS) is 12.7. The van der Waals surface area contributed by atoms with Crippen LogP contribution < -0.4 is 53.6 Å². The largest absolute Gasteiger partial charge is 0.461 e. The first-order valence-electron chi connectivity index (χ1n) is 36.3. The molecule has 5 aromatic rings. The number of hydrogen-bond acceptors (Lipinski definition) is 21. The van der Waals surface area contributed by atoms with E-state index in [0.29, 0.717) is 29.5 Å². The molecule has 9 amide bonds. The summed E-state index contributed by atoms with van der Waals surface area (Å²) in [6.45, 7) is 6.94. The lowest BCUT2D eigenvalue weighted by molar-refractivity contribution is -0.151. The smallest absolute Gasteiger partial charge is 0.408 e. The quantitative estimate of drug-likeness (QED) is 0.0146. The number of nitrogens with one attached hydrogen (secondary N) is 9. The van der Waals surface area contributed by atoms with E-state index in [2.05, 4.69) is 47.9 Å². The van der Waals surface area contributed by atoms with Crippen LogP contribution in [0.4, 0.5) is 4.79 Å². The maximum absolute atomic E-state index is 14.3. The van der Waals surface area contributed by atoms with E-state index in [-0.39, 0.29) is 110 Å². The Morgan fingerprint density at radius 2 is 0.826 bits per heavy atom. The van der Waals surface area contributed by atoms with Crippen molar-refractivity contribution in [1.29, 1.82) is 0 Å². The molecule has 30 nitrogen and oxygen atoms in total. The van der Waals surface area contributed by atoms with Gasteiger partial charge in [0.1, 0.15) is 75.4 Å². The van der Waals surface area contributed by atoms with E-state index in [4.69, 9.17) is 38.9 Å². The molecule has 0 aliphatic rings. The van der Waals surface area contributed by atoms with Crippen LogP contribution in [-0.4, -0.2) is 172 Å². The summed E-state index contributed by atoms with van der Waals surface area (Å²) < 4.78 is 38.3. The van der Waals surface area contributed by atoms with Gasteiger partial charge in [-0.1, -0.05) is 166 Å². The lowest BCUT2D eigenvalue weighted by atomic mass is 10.0. The molecule has 6 unspecified atom stereocenters. The molecule has 5 aromatic carbocycles. The number of amides is 9. The van der Waals surface area contributed by atoms with E-state index in [1.54, 1.807) is 166 Å². The number of alkyl carbamates (subject to hydrolysis) is 1. The van der Waals surface area contributed by atoms with Gasteiger partial charge in [0.2, 0.25) is 47.3 Å². The van der Waals surface area contributed by atoms with E-state index in [0.717, 1.165) is 11.1 Å². The predicted octanol–water partition coefficient (Wildman–Crippen LogP) is 4.42. The molecule has 0 saturated heterocycles. The molecule has 0 aromatic heterocycles. The highest BCUT2D eigenvalue weighted by molar-refractivity contribution is 5.95. The molecular weight excluding hydrogens is 1410 g/mol. The van der Waals surface area contributed by atoms with Gasteiger partial charge in [0, 0.05) is 38.8 Å². The van der Waals surface area contributed by atoms with Crippen LogP contribution in [0, 0.1) is 5.92 Å². The topological polar surface area (TPSA) is 421 Å². The molecule has 0 saturated carbocycles. The molecular formula is C79H104N10O20. The summed E-state index contributed by atoms with van der Waals surface area (Å²) in [5, 5.41) is 23.4. The van der Waals surface area contributed by atoms with Crippen molar-refractivity contribution in [1.82, 2.24) is 47.9 Å². The Morgan fingerprint density at radius 3 is 1.34 bits per heavy atom. The number of carbonyl (C=O) groups is 13. The van der Waals surface area contributed by atoms with Crippen molar-refractivity contribution < 1.29 is 95.5 Å². The SMILES string of the molecule is CC(C)CC(NC(=O)C(Cc1ccccc1)NC(=O)CNC(=O)OC(C)(C)C)C(=O)NCC(=O)NCCCCC(N)C(=O)NCCOCCOCC(=O)NC(CCC(=O)NC(CCC(=O)OCc1ccccc1)C(=O)OCc1ccccc1)C(=O)NC(CCC(=O)OCc1ccccc1)C(=O)OCc1ccccc1. The highest BCUT2D eigenvalue weighted by Gasteiger charge is 2.32. The summed E-state index contributed by atoms with van der Waals surface area (Å²) in [5.74, 6) is -8.61. The van der Waals surface area contributed by atoms with Gasteiger partial charge in [0.15, 0.2) is 0 Å². The molecule has 30 heteroatoms. The third kappa shape index (κ3) is 38.8. The fourth-order valence-electron chi connectivity index (χ4n) is 10.3. The number of carbonyl (C=O) groups excluding carboxylic acids is 13. The molecule has 6 atom stereocenters. The van der Waals surface area contributed by atoms with E-state index >= 15 is 0 Å². The minimum absolute atomic E-state index is 0.0266. The highest BCUT2D eigenvalue weighted by Crippen LogP contribution is 2.15. The third-order valence-corrected chi connectivity index (χ3v) is 16.0. The van der Waals surface area contributed by atoms with Crippen molar-refractivity contribution >= 4 is 77.2 Å². The highest BCUT2D eigenvalue weighted by atomic mass is 16.6. The van der Waals surface area contributed by atoms with E-state index in [9.17, 15) is 62.3 Å². The molecule has 5 rings (SSSR count). The lowest BCUT2D eigenvalue weighted by Gasteiger charge is -2.24. The first-order chi connectivity index (χ1) is 52.3. The van der Waals surface area contributed by atoms with Gasteiger partial charge in [-0.3, -0.25) is 47.9 Å². The Bertz CT molecular complexity index is 3670. The molecule has 0 bridgehead atoms. The molecule has 590 valence electrons. The van der Waals surface area contributed by atoms with Gasteiger partial charge in [0.05, 0.1) is 32.4 Å². The Morgan fingerprint density at radius 1 is 0.385 bits per heavy atom. The van der Waals surface area contributed by atoms with Gasteiger partial charge in [-0.15, -0.1) is 0 Å². The van der Waals surface area contributed by atoms with E-state index in [1.807, 2.05) is 19.9 Å². The molecule has 109 heavy (non-hydrogen) atoms. The number of esters is 4. The van der Waals surface area contributed by atoms with Crippen LogP contribution in [0.3, 0.4) is 0 Å². The Kier molecular flexibility index (Phi) is 40.4. The second-order valence-corrected chi connectivity index (χ2v) is 26.9. The number of nitrogens with two attached hydrogens (primary N) is 1. The third-order valence-electron chi connectivity index (χ3n) is 16.0. The fourth-order valence-corrected chi connectivity index (χ4v) is 10.3. The first kappa shape index (κ1) is 88.5. The number of hydrogen-bond donors (Lipinski definition) is 10. The van der Waals surface area contributed by atoms with Gasteiger partial charge in [-0.25, -0.2) is 14.4 Å². The Balaban J connectivity index is 1.08. The minimum atomic E-state index is -1.54. The predicted molar refractivity (Wildman–Crippen MR) is 399 cm³/mol. The van der Waals surface area contributed by atoms with Crippen molar-refractivity contribution in [3.8, 4) is 0 Å². The van der Waals surface area contributed by atoms with Crippen molar-refractivity contribution in [3.63, 3.8) is 0 Å². The standard InChI is InChI=1S/C79H104N10O20/c1-54(2)45-64(89-75(99)65(46-55-23-11-6-12-24-55)87-68(92)48-84-78(102)109-79(3,4)5)73(97)83-47-67(91)81-40-22-21-33-60(80)72(96)82-41-42-103-43-44-104-53-69(93)85-61(74(98)88-63(77(101)108-52-59-31-19-10-20-32-59)36-39-71(95)106-50-57-27-15-8-16-28-57)34-37-66(90)86-62(76(100)107-51-58-29-17-9-18-30-58)35-38-70(94)105-49-56-25-13-7-14-26-56/h6-20,23-32,54,60-65H,21-22,33-53,80H2,1-5H3,(H,81,91)(H,82,96)(H,83,97)(H,84,102)(H,85,93)(H,86,90)(H,87,92)(H,88,98)(H,89,99). The van der Waals surface area contributed by atoms with Crippen LogP contribution >= 0.6 is 0 Å². The minimum Gasteiger partial charge on any atom is -0.461 e. The molecule has 0 radical (unpaired) electrons. The average molecular weight is 1510 g/mol. The number of rotatable bonds is 49. The van der Waals surface area contributed by atoms with Gasteiger partial charge in [-0.2, -0.15) is 0 Å². The number of unbranched alkanes of at least 4 members (excludes halogenated alkanes) is 1. The Labute approximate surface area is 635 Å². The number of ether oxygens (including phenoxy) is 7. The van der Waals surface area contributed by atoms with Gasteiger partial charge >= 0.3 is 30.0 Å². The summed E-state index contributed by atoms with van der Waals surface area (Å²) in [7, 11) is 0. The van der Waals surface area contributed by atoms with Crippen LogP contribution in [0.2, 0.25) is 0 Å². The molecule has 11 N–H and O–H groups in total. The second kappa shape index (κ2) is 49.7. The summed E-state index contributed by atoms with van der Waals surface area (Å²) in [4.78, 5) is 173. The molecule has 0 heterocycles. The summed E-state index contributed by atoms with van der Waals surface area (Å²) in [6.07, 6.45) is -1.42. The van der Waals surface area contributed by atoms with Crippen molar-refractivity contribution in [2.24, 2.45) is 11.7 Å². The molecule has 0 aliphatic heterocycles. The van der Waals surface area contributed by atoms with Crippen molar-refractivity contribution in [2.75, 3.05) is 52.6 Å². The van der Waals surface area contributed by atoms with Crippen molar-refractivity contribution in [3.05, 3.63) is 179 Å². The molecule has 0 aliphatic carbocycles. The van der Waals surface area contributed by atoms with Crippen LogP contribution in [0.5, 0.6) is 0 Å². The van der Waals surface area contributed by atoms with Gasteiger partial charge in [0.25, 0.3) is 0 Å². The average Bonchev–Trinajstić information content (AvgIpc) is 0.880. The first-order valence-corrected chi connectivity index (χ1v) is 36.3. The summed E-state index contributed by atoms with van der Waals surface area (Å²) in [6, 6.07) is 36.7. The van der Waals surface area contributed by atoms with E-state index in [1.165, 1.54) is 0 Å². The maximum Gasteiger partial charge on any atom is 0.408 e. The molecule has 0 fully saturated rings. The molecule has 0 spiro atoms. The maximum atomic E-state index is 14.3. The lowest BCUT2D eigenvalue weighted by Crippen LogP contribution is -2.56. The van der Waals surface area contributed by atoms with Crippen LogP contribution in [0.1, 0.15) is 127 Å². The summed E-state index contributed by atoms with van der Waals surface area (Å²) >= 11 is 0. The number of benzene rings is 5. The monoisotopic (exact) mass is 1510 g/mol. The summed E-state index contributed by atoms with van der Waals surface area (Å²) in [5.41, 5.74) is 8.81. The Hall–Kier alpha value is -11.1. The van der Waals surface area contributed by atoms with Crippen LogP contribution in [0.15, 0.2) is 152 Å². The zero-order chi connectivity index (χ0) is 79.2. The van der Waals surface area contributed by atoms with Gasteiger partial charge < -0.3 is 86.7 Å². The fraction of sp³-hybridized carbons (Fsp3) is 0.456. The second-order valence-electron chi connectivity index (χ2n) is 26.9.